The van der Waals surface area contributed by atoms with E-state index >= 15 is 0 Å². The molecule has 1 saturated heterocycles. The Balaban J connectivity index is 1.69. The highest BCUT2D eigenvalue weighted by Crippen LogP contribution is 2.28. The van der Waals surface area contributed by atoms with E-state index in [9.17, 15) is 0 Å². The Bertz CT molecular complexity index is 385. The summed E-state index contributed by atoms with van der Waals surface area (Å²) in [5.74, 6) is 0. The zero-order valence-electron chi connectivity index (χ0n) is 10.2. The molecule has 1 aromatic heterocycles. The topological polar surface area (TPSA) is 50.4 Å². The summed E-state index contributed by atoms with van der Waals surface area (Å²) >= 11 is 0. The predicted octanol–water partition coefficient (Wildman–Crippen LogP) is 1.05. The molecule has 0 aliphatic carbocycles. The van der Waals surface area contributed by atoms with Gasteiger partial charge in [0.25, 0.3) is 0 Å². The van der Waals surface area contributed by atoms with Crippen molar-refractivity contribution in [1.82, 2.24) is 15.1 Å². The molecule has 1 N–H and O–H groups in total. The molecule has 5 nitrogen and oxygen atoms in total. The van der Waals surface area contributed by atoms with Gasteiger partial charge in [0.1, 0.15) is 0 Å². The van der Waals surface area contributed by atoms with Crippen LogP contribution < -0.4 is 0 Å². The minimum atomic E-state index is 0.605. The largest absolute Gasteiger partial charge is 0.381 e. The number of ether oxygens (including phenoxy) is 2. The van der Waals surface area contributed by atoms with Crippen LogP contribution in [0.1, 0.15) is 29.8 Å². The van der Waals surface area contributed by atoms with Gasteiger partial charge in [-0.15, -0.1) is 0 Å². The molecule has 17 heavy (non-hydrogen) atoms. The highest BCUT2D eigenvalue weighted by Gasteiger charge is 2.30. The fourth-order valence-corrected chi connectivity index (χ4v) is 2.79. The average Bonchev–Trinajstić information content (AvgIpc) is 2.93. The maximum absolute atomic E-state index is 5.41. The van der Waals surface area contributed by atoms with Gasteiger partial charge in [-0.2, -0.15) is 5.10 Å². The molecule has 0 saturated carbocycles. The molecule has 0 amide bonds. The Hall–Kier alpha value is -0.910. The van der Waals surface area contributed by atoms with Crippen molar-refractivity contribution in [2.75, 3.05) is 20.3 Å². The maximum Gasteiger partial charge on any atom is 0.0927 e. The molecule has 3 rings (SSSR count). The summed E-state index contributed by atoms with van der Waals surface area (Å²) in [5.41, 5.74) is 3.68. The van der Waals surface area contributed by atoms with E-state index in [1.807, 2.05) is 0 Å². The summed E-state index contributed by atoms with van der Waals surface area (Å²) in [5, 5.41) is 7.44. The second-order valence-electron chi connectivity index (χ2n) is 4.81. The molecule has 2 aliphatic rings. The molecule has 0 radical (unpaired) electrons. The normalized spacial score (nSPS) is 21.9. The summed E-state index contributed by atoms with van der Waals surface area (Å²) in [6.45, 7) is 4.41. The van der Waals surface area contributed by atoms with Gasteiger partial charge in [0, 0.05) is 45.0 Å². The van der Waals surface area contributed by atoms with Crippen molar-refractivity contribution in [3.05, 3.63) is 17.0 Å². The third kappa shape index (κ3) is 2.10. The number of hydrogen-bond acceptors (Lipinski definition) is 4. The lowest BCUT2D eigenvalue weighted by Gasteiger charge is -2.30. The first kappa shape index (κ1) is 11.2. The van der Waals surface area contributed by atoms with Gasteiger partial charge in [-0.05, 0) is 12.8 Å². The van der Waals surface area contributed by atoms with E-state index in [1.165, 1.54) is 11.3 Å². The van der Waals surface area contributed by atoms with E-state index < -0.39 is 0 Å². The standard InChI is InChI=1S/C12H19N3O2/c1-16-8-12-10-6-15(7-11(10)13-14-12)9-2-4-17-5-3-9/h9H,2-8H2,1H3,(H,13,14). The SMILES string of the molecule is COCc1n[nH]c2c1CN(C1CCOCC1)C2. The summed E-state index contributed by atoms with van der Waals surface area (Å²) in [7, 11) is 1.71. The third-order valence-corrected chi connectivity index (χ3v) is 3.75. The number of nitrogens with one attached hydrogen (secondary N) is 1. The van der Waals surface area contributed by atoms with Gasteiger partial charge >= 0.3 is 0 Å². The predicted molar refractivity (Wildman–Crippen MR) is 62.4 cm³/mol. The van der Waals surface area contributed by atoms with Crippen molar-refractivity contribution in [3.63, 3.8) is 0 Å². The van der Waals surface area contributed by atoms with Crippen molar-refractivity contribution in [2.24, 2.45) is 0 Å². The lowest BCUT2D eigenvalue weighted by atomic mass is 10.1. The van der Waals surface area contributed by atoms with E-state index in [0.717, 1.165) is 44.8 Å². The van der Waals surface area contributed by atoms with Crippen molar-refractivity contribution in [3.8, 4) is 0 Å². The van der Waals surface area contributed by atoms with Crippen LogP contribution in [0.25, 0.3) is 0 Å². The summed E-state index contributed by atoms with van der Waals surface area (Å²) in [6.07, 6.45) is 2.30. The maximum atomic E-state index is 5.41. The van der Waals surface area contributed by atoms with Crippen LogP contribution in [0, 0.1) is 0 Å². The van der Waals surface area contributed by atoms with Gasteiger partial charge < -0.3 is 9.47 Å². The number of methoxy groups -OCH3 is 1. The Morgan fingerprint density at radius 3 is 3.00 bits per heavy atom. The van der Waals surface area contributed by atoms with Crippen LogP contribution in [-0.2, 0) is 29.2 Å². The van der Waals surface area contributed by atoms with Crippen LogP contribution in [0.2, 0.25) is 0 Å². The number of fused-ring (bicyclic) bond motifs is 1. The second kappa shape index (κ2) is 4.76. The van der Waals surface area contributed by atoms with E-state index in [0.29, 0.717) is 12.6 Å². The number of aromatic amines is 1. The van der Waals surface area contributed by atoms with Crippen molar-refractivity contribution in [2.45, 2.75) is 38.6 Å². The molecule has 5 heteroatoms. The fraction of sp³-hybridized carbons (Fsp3) is 0.750. The van der Waals surface area contributed by atoms with Crippen LogP contribution >= 0.6 is 0 Å². The molecule has 94 valence electrons. The number of rotatable bonds is 3. The van der Waals surface area contributed by atoms with E-state index in [1.54, 1.807) is 7.11 Å². The molecule has 0 atom stereocenters. The van der Waals surface area contributed by atoms with Crippen molar-refractivity contribution in [1.29, 1.82) is 0 Å². The first-order valence-electron chi connectivity index (χ1n) is 6.24. The lowest BCUT2D eigenvalue weighted by molar-refractivity contribution is 0.0320. The molecule has 1 fully saturated rings. The van der Waals surface area contributed by atoms with E-state index in [-0.39, 0.29) is 0 Å². The highest BCUT2D eigenvalue weighted by molar-refractivity contribution is 5.28. The fourth-order valence-electron chi connectivity index (χ4n) is 2.79. The molecular formula is C12H19N3O2. The monoisotopic (exact) mass is 237 g/mol. The summed E-state index contributed by atoms with van der Waals surface area (Å²) < 4.78 is 10.6. The first-order chi connectivity index (χ1) is 8.38. The number of nitrogens with zero attached hydrogens (tertiary/aromatic N) is 2. The average molecular weight is 237 g/mol. The Morgan fingerprint density at radius 2 is 2.24 bits per heavy atom. The van der Waals surface area contributed by atoms with Gasteiger partial charge in [-0.1, -0.05) is 0 Å². The summed E-state index contributed by atoms with van der Waals surface area (Å²) in [6, 6.07) is 0.667. The second-order valence-corrected chi connectivity index (χ2v) is 4.81. The number of hydrogen-bond donors (Lipinski definition) is 1. The molecule has 0 unspecified atom stereocenters. The minimum Gasteiger partial charge on any atom is -0.381 e. The smallest absolute Gasteiger partial charge is 0.0927 e. The molecule has 2 aliphatic heterocycles. The molecular weight excluding hydrogens is 218 g/mol. The van der Waals surface area contributed by atoms with Crippen molar-refractivity contribution < 1.29 is 9.47 Å². The molecule has 0 bridgehead atoms. The quantitative estimate of drug-likeness (QED) is 0.853. The van der Waals surface area contributed by atoms with Gasteiger partial charge in [0.05, 0.1) is 18.0 Å². The van der Waals surface area contributed by atoms with Crippen LogP contribution in [0.4, 0.5) is 0 Å². The van der Waals surface area contributed by atoms with E-state index in [2.05, 4.69) is 15.1 Å². The highest BCUT2D eigenvalue weighted by atomic mass is 16.5. The number of H-pyrrole nitrogens is 1. The molecule has 0 aromatic carbocycles. The lowest BCUT2D eigenvalue weighted by Crippen LogP contribution is -2.36. The Labute approximate surface area is 101 Å². The van der Waals surface area contributed by atoms with Crippen molar-refractivity contribution >= 4 is 0 Å². The zero-order valence-corrected chi connectivity index (χ0v) is 10.2. The molecule has 3 heterocycles. The van der Waals surface area contributed by atoms with Crippen LogP contribution in [0.5, 0.6) is 0 Å². The first-order valence-corrected chi connectivity index (χ1v) is 6.24. The third-order valence-electron chi connectivity index (χ3n) is 3.75. The molecule has 0 spiro atoms. The van der Waals surface area contributed by atoms with E-state index in [4.69, 9.17) is 9.47 Å². The van der Waals surface area contributed by atoms with Gasteiger partial charge in [0.15, 0.2) is 0 Å². The van der Waals surface area contributed by atoms with Crippen LogP contribution in [0.3, 0.4) is 0 Å². The van der Waals surface area contributed by atoms with Crippen LogP contribution in [0.15, 0.2) is 0 Å². The van der Waals surface area contributed by atoms with Gasteiger partial charge in [0.2, 0.25) is 0 Å². The molecule has 1 aromatic rings. The zero-order chi connectivity index (χ0) is 11.7. The van der Waals surface area contributed by atoms with Gasteiger partial charge in [-0.25, -0.2) is 0 Å². The summed E-state index contributed by atoms with van der Waals surface area (Å²) in [4.78, 5) is 2.53. The van der Waals surface area contributed by atoms with Crippen LogP contribution in [-0.4, -0.2) is 41.5 Å². The minimum absolute atomic E-state index is 0.605. The van der Waals surface area contributed by atoms with Gasteiger partial charge in [-0.3, -0.25) is 10.00 Å². The number of aromatic nitrogens is 2. The Morgan fingerprint density at radius 1 is 1.41 bits per heavy atom. The Kier molecular flexibility index (Phi) is 3.13.